The van der Waals surface area contributed by atoms with Crippen molar-refractivity contribution in [2.75, 3.05) is 5.32 Å². The molecule has 1 heterocycles. The molecule has 0 saturated heterocycles. The molecule has 0 bridgehead atoms. The highest BCUT2D eigenvalue weighted by molar-refractivity contribution is 6.39. The molecule has 6 nitrogen and oxygen atoms in total. The van der Waals surface area contributed by atoms with Crippen molar-refractivity contribution in [3.8, 4) is 0 Å². The van der Waals surface area contributed by atoms with Gasteiger partial charge in [-0.3, -0.25) is 14.3 Å². The van der Waals surface area contributed by atoms with Crippen molar-refractivity contribution >= 4 is 17.5 Å². The predicted octanol–water partition coefficient (Wildman–Crippen LogP) is 0.983. The van der Waals surface area contributed by atoms with Crippen molar-refractivity contribution < 1.29 is 9.59 Å². The third kappa shape index (κ3) is 3.44. The largest absolute Gasteiger partial charge is 0.344 e. The minimum atomic E-state index is -0.697. The Morgan fingerprint density at radius 2 is 1.90 bits per heavy atom. The van der Waals surface area contributed by atoms with Crippen molar-refractivity contribution in [1.29, 1.82) is 0 Å². The molecular formula is C14H16N4O2. The number of nitrogens with one attached hydrogen (secondary N) is 2. The number of aryl methyl sites for hydroxylation is 2. The van der Waals surface area contributed by atoms with E-state index in [1.54, 1.807) is 24.9 Å². The average molecular weight is 272 g/mol. The van der Waals surface area contributed by atoms with Crippen molar-refractivity contribution in [3.05, 3.63) is 47.8 Å². The Balaban J connectivity index is 1.89. The lowest BCUT2D eigenvalue weighted by Gasteiger charge is -2.05. The van der Waals surface area contributed by atoms with Crippen LogP contribution in [0.15, 0.2) is 36.5 Å². The van der Waals surface area contributed by atoms with Gasteiger partial charge in [0.2, 0.25) is 0 Å². The summed E-state index contributed by atoms with van der Waals surface area (Å²) < 4.78 is 1.58. The summed E-state index contributed by atoms with van der Waals surface area (Å²) in [7, 11) is 1.75. The number of anilines is 1. The van der Waals surface area contributed by atoms with Gasteiger partial charge in [0.05, 0.1) is 11.4 Å². The summed E-state index contributed by atoms with van der Waals surface area (Å²) in [5.41, 5.74) is 2.13. The molecule has 20 heavy (non-hydrogen) atoms. The lowest BCUT2D eigenvalue weighted by Crippen LogP contribution is -2.35. The number of carbonyl (C=O) groups is 2. The third-order valence-electron chi connectivity index (χ3n) is 2.76. The number of hydrogen-bond acceptors (Lipinski definition) is 3. The Bertz CT molecular complexity index is 619. The van der Waals surface area contributed by atoms with Gasteiger partial charge in [-0.15, -0.1) is 0 Å². The van der Waals surface area contributed by atoms with E-state index in [0.717, 1.165) is 5.56 Å². The monoisotopic (exact) mass is 272 g/mol. The molecule has 0 unspecified atom stereocenters. The number of rotatable bonds is 3. The van der Waals surface area contributed by atoms with Gasteiger partial charge in [-0.2, -0.15) is 5.10 Å². The quantitative estimate of drug-likeness (QED) is 0.818. The minimum Gasteiger partial charge on any atom is -0.344 e. The second kappa shape index (κ2) is 6.01. The molecule has 0 aliphatic heterocycles. The highest BCUT2D eigenvalue weighted by Gasteiger charge is 2.15. The molecule has 1 aromatic heterocycles. The number of aromatic nitrogens is 2. The molecule has 2 aromatic rings. The minimum absolute atomic E-state index is 0.319. The Morgan fingerprint density at radius 1 is 1.20 bits per heavy atom. The molecule has 2 rings (SSSR count). The maximum Gasteiger partial charge on any atom is 0.313 e. The SMILES string of the molecule is Cc1nn(C)cc1NC(=O)C(=O)NCc1ccccc1. The van der Waals surface area contributed by atoms with E-state index in [9.17, 15) is 9.59 Å². The summed E-state index contributed by atoms with van der Waals surface area (Å²) in [5, 5.41) is 9.19. The molecular weight excluding hydrogens is 256 g/mol. The molecule has 1 aromatic carbocycles. The normalized spacial score (nSPS) is 10.1. The fourth-order valence-electron chi connectivity index (χ4n) is 1.76. The molecule has 2 N–H and O–H groups in total. The molecule has 0 aliphatic rings. The highest BCUT2D eigenvalue weighted by atomic mass is 16.2. The third-order valence-corrected chi connectivity index (χ3v) is 2.76. The van der Waals surface area contributed by atoms with E-state index in [-0.39, 0.29) is 0 Å². The van der Waals surface area contributed by atoms with Crippen molar-refractivity contribution in [3.63, 3.8) is 0 Å². The van der Waals surface area contributed by atoms with Crippen LogP contribution >= 0.6 is 0 Å². The fraction of sp³-hybridized carbons (Fsp3) is 0.214. The number of nitrogens with zero attached hydrogens (tertiary/aromatic N) is 2. The first-order valence-corrected chi connectivity index (χ1v) is 6.19. The van der Waals surface area contributed by atoms with Crippen LogP contribution in [0.4, 0.5) is 5.69 Å². The molecule has 2 amide bonds. The molecule has 0 fully saturated rings. The molecule has 104 valence electrons. The lowest BCUT2D eigenvalue weighted by molar-refractivity contribution is -0.136. The zero-order chi connectivity index (χ0) is 14.5. The zero-order valence-corrected chi connectivity index (χ0v) is 11.4. The van der Waals surface area contributed by atoms with Crippen molar-refractivity contribution in [1.82, 2.24) is 15.1 Å². The van der Waals surface area contributed by atoms with Crippen LogP contribution in [-0.4, -0.2) is 21.6 Å². The van der Waals surface area contributed by atoms with Gasteiger partial charge in [0.1, 0.15) is 0 Å². The molecule has 0 aliphatic carbocycles. The summed E-state index contributed by atoms with van der Waals surface area (Å²) in [6.07, 6.45) is 1.65. The predicted molar refractivity (Wildman–Crippen MR) is 74.9 cm³/mol. The van der Waals surface area contributed by atoms with Gasteiger partial charge in [-0.1, -0.05) is 30.3 Å². The number of carbonyl (C=O) groups excluding carboxylic acids is 2. The topological polar surface area (TPSA) is 76.0 Å². The highest BCUT2D eigenvalue weighted by Crippen LogP contribution is 2.10. The zero-order valence-electron chi connectivity index (χ0n) is 11.4. The van der Waals surface area contributed by atoms with E-state index in [2.05, 4.69) is 15.7 Å². The van der Waals surface area contributed by atoms with Crippen LogP contribution in [0.1, 0.15) is 11.3 Å². The second-order valence-corrected chi connectivity index (χ2v) is 4.42. The summed E-state index contributed by atoms with van der Waals surface area (Å²) in [4.78, 5) is 23.4. The molecule has 0 spiro atoms. The smallest absolute Gasteiger partial charge is 0.313 e. The van der Waals surface area contributed by atoms with E-state index in [1.165, 1.54) is 0 Å². The van der Waals surface area contributed by atoms with Crippen LogP contribution in [0.5, 0.6) is 0 Å². The maximum atomic E-state index is 11.7. The van der Waals surface area contributed by atoms with Crippen LogP contribution < -0.4 is 10.6 Å². The molecule has 0 atom stereocenters. The Kier molecular flexibility index (Phi) is 4.14. The van der Waals surface area contributed by atoms with Crippen LogP contribution in [0.2, 0.25) is 0 Å². The lowest BCUT2D eigenvalue weighted by atomic mass is 10.2. The van der Waals surface area contributed by atoms with Crippen LogP contribution in [0.25, 0.3) is 0 Å². The first kappa shape index (κ1) is 13.8. The van der Waals surface area contributed by atoms with E-state index in [0.29, 0.717) is 17.9 Å². The van der Waals surface area contributed by atoms with Gasteiger partial charge in [0.25, 0.3) is 0 Å². The first-order valence-electron chi connectivity index (χ1n) is 6.19. The molecule has 0 radical (unpaired) electrons. The molecule has 0 saturated carbocycles. The van der Waals surface area contributed by atoms with Gasteiger partial charge in [-0.25, -0.2) is 0 Å². The number of amides is 2. The Labute approximate surface area is 116 Å². The van der Waals surface area contributed by atoms with E-state index in [4.69, 9.17) is 0 Å². The summed E-state index contributed by atoms with van der Waals surface area (Å²) in [6.45, 7) is 2.08. The Hall–Kier alpha value is -2.63. The van der Waals surface area contributed by atoms with Crippen LogP contribution in [0, 0.1) is 6.92 Å². The van der Waals surface area contributed by atoms with Gasteiger partial charge in [0.15, 0.2) is 0 Å². The molecule has 6 heteroatoms. The summed E-state index contributed by atoms with van der Waals surface area (Å²) in [6, 6.07) is 9.40. The van der Waals surface area contributed by atoms with Crippen molar-refractivity contribution in [2.24, 2.45) is 7.05 Å². The second-order valence-electron chi connectivity index (χ2n) is 4.42. The van der Waals surface area contributed by atoms with Gasteiger partial charge < -0.3 is 10.6 Å². The standard InChI is InChI=1S/C14H16N4O2/c1-10-12(9-18(2)17-10)16-14(20)13(19)15-8-11-6-4-3-5-7-11/h3-7,9H,8H2,1-2H3,(H,15,19)(H,16,20). The van der Waals surface area contributed by atoms with Gasteiger partial charge >= 0.3 is 11.8 Å². The van der Waals surface area contributed by atoms with Gasteiger partial charge in [-0.05, 0) is 12.5 Å². The maximum absolute atomic E-state index is 11.7. The number of benzene rings is 1. The Morgan fingerprint density at radius 3 is 2.50 bits per heavy atom. The van der Waals surface area contributed by atoms with Gasteiger partial charge in [0, 0.05) is 19.8 Å². The first-order chi connectivity index (χ1) is 9.56. The van der Waals surface area contributed by atoms with Crippen LogP contribution in [0.3, 0.4) is 0 Å². The van der Waals surface area contributed by atoms with E-state index >= 15 is 0 Å². The van der Waals surface area contributed by atoms with Crippen LogP contribution in [-0.2, 0) is 23.2 Å². The van der Waals surface area contributed by atoms with E-state index < -0.39 is 11.8 Å². The number of hydrogen-bond donors (Lipinski definition) is 2. The van der Waals surface area contributed by atoms with E-state index in [1.807, 2.05) is 30.3 Å². The summed E-state index contributed by atoms with van der Waals surface area (Å²) in [5.74, 6) is -1.37. The van der Waals surface area contributed by atoms with Crippen molar-refractivity contribution in [2.45, 2.75) is 13.5 Å². The average Bonchev–Trinajstić information content (AvgIpc) is 2.75. The fourth-order valence-corrected chi connectivity index (χ4v) is 1.76. The summed E-state index contributed by atoms with van der Waals surface area (Å²) >= 11 is 0.